The summed E-state index contributed by atoms with van der Waals surface area (Å²) in [7, 11) is 0. The lowest BCUT2D eigenvalue weighted by molar-refractivity contribution is -0.139. The van der Waals surface area contributed by atoms with Crippen LogP contribution in [0.3, 0.4) is 0 Å². The average molecular weight is 351 g/mol. The molecule has 2 rings (SSSR count). The molecule has 1 aromatic heterocycles. The minimum atomic E-state index is -0.593. The number of rotatable bonds is 5. The topological polar surface area (TPSA) is 90.4 Å². The molecule has 0 spiro atoms. The first-order chi connectivity index (χ1) is 11.4. The van der Waals surface area contributed by atoms with Crippen LogP contribution in [0.4, 0.5) is 0 Å². The van der Waals surface area contributed by atoms with Crippen molar-refractivity contribution in [1.29, 1.82) is 0 Å². The third-order valence-electron chi connectivity index (χ3n) is 3.70. The van der Waals surface area contributed by atoms with E-state index in [4.69, 9.17) is 9.47 Å². The molecule has 0 fully saturated rings. The summed E-state index contributed by atoms with van der Waals surface area (Å²) in [6.45, 7) is 9.36. The Morgan fingerprint density at radius 2 is 1.54 bits per heavy atom. The van der Waals surface area contributed by atoms with Crippen molar-refractivity contribution in [2.75, 3.05) is 13.2 Å². The van der Waals surface area contributed by atoms with E-state index in [9.17, 15) is 9.59 Å². The second-order valence-electron chi connectivity index (χ2n) is 5.30. The van der Waals surface area contributed by atoms with Crippen molar-refractivity contribution >= 4 is 23.5 Å². The first kappa shape index (κ1) is 18.1. The van der Waals surface area contributed by atoms with Crippen molar-refractivity contribution in [3.8, 4) is 0 Å². The van der Waals surface area contributed by atoms with Gasteiger partial charge >= 0.3 is 11.9 Å². The van der Waals surface area contributed by atoms with E-state index < -0.39 is 17.9 Å². The van der Waals surface area contributed by atoms with Crippen LogP contribution < -0.4 is 5.32 Å². The molecular formula is C16H21N3O4S. The standard InChI is InChI=1S/C16H21N3O4S/c1-6-22-15(20)11-8(3)17-9(4)12(16(21)23-7-2)13(11)14-10(5)18-19-24-14/h13,17H,6-7H2,1-5H3. The highest BCUT2D eigenvalue weighted by molar-refractivity contribution is 7.05. The predicted octanol–water partition coefficient (Wildman–Crippen LogP) is 2.21. The molecule has 0 bridgehead atoms. The van der Waals surface area contributed by atoms with E-state index in [0.29, 0.717) is 28.2 Å². The normalized spacial score (nSPS) is 15.4. The van der Waals surface area contributed by atoms with E-state index in [1.54, 1.807) is 34.6 Å². The van der Waals surface area contributed by atoms with Crippen LogP contribution in [0.25, 0.3) is 0 Å². The Hall–Kier alpha value is -2.22. The summed E-state index contributed by atoms with van der Waals surface area (Å²) in [6, 6.07) is 0. The zero-order valence-corrected chi connectivity index (χ0v) is 15.2. The van der Waals surface area contributed by atoms with Crippen LogP contribution in [0.1, 0.15) is 44.2 Å². The highest BCUT2D eigenvalue weighted by Crippen LogP contribution is 2.41. The Morgan fingerprint density at radius 3 is 1.92 bits per heavy atom. The van der Waals surface area contributed by atoms with Gasteiger partial charge in [-0.25, -0.2) is 9.59 Å². The van der Waals surface area contributed by atoms with E-state index >= 15 is 0 Å². The monoisotopic (exact) mass is 351 g/mol. The molecule has 1 aromatic rings. The van der Waals surface area contributed by atoms with Gasteiger partial charge in [0.1, 0.15) is 0 Å². The van der Waals surface area contributed by atoms with E-state index in [-0.39, 0.29) is 13.2 Å². The van der Waals surface area contributed by atoms with E-state index in [2.05, 4.69) is 14.9 Å². The Balaban J connectivity index is 2.62. The second-order valence-corrected chi connectivity index (χ2v) is 6.08. The molecule has 130 valence electrons. The number of ether oxygens (including phenoxy) is 2. The zero-order chi connectivity index (χ0) is 17.9. The maximum Gasteiger partial charge on any atom is 0.336 e. The lowest BCUT2D eigenvalue weighted by Crippen LogP contribution is -2.32. The number of hydrogen-bond donors (Lipinski definition) is 1. The van der Waals surface area contributed by atoms with Crippen molar-refractivity contribution < 1.29 is 19.1 Å². The number of nitrogens with zero attached hydrogens (tertiary/aromatic N) is 2. The Labute approximate surface area is 144 Å². The molecule has 8 heteroatoms. The van der Waals surface area contributed by atoms with Crippen molar-refractivity contribution in [3.63, 3.8) is 0 Å². The van der Waals surface area contributed by atoms with Gasteiger partial charge in [-0.3, -0.25) is 0 Å². The maximum atomic E-state index is 12.5. The Kier molecular flexibility index (Phi) is 5.71. The highest BCUT2D eigenvalue weighted by Gasteiger charge is 2.39. The molecule has 0 unspecified atom stereocenters. The van der Waals surface area contributed by atoms with Gasteiger partial charge in [0.2, 0.25) is 0 Å². The maximum absolute atomic E-state index is 12.5. The molecule has 0 radical (unpaired) electrons. The molecular weight excluding hydrogens is 330 g/mol. The number of nitrogens with one attached hydrogen (secondary N) is 1. The summed E-state index contributed by atoms with van der Waals surface area (Å²) in [5, 5.41) is 7.11. The lowest BCUT2D eigenvalue weighted by Gasteiger charge is -2.29. The van der Waals surface area contributed by atoms with Gasteiger partial charge in [0.25, 0.3) is 0 Å². The predicted molar refractivity (Wildman–Crippen MR) is 89.2 cm³/mol. The fraction of sp³-hybridized carbons (Fsp3) is 0.500. The molecule has 24 heavy (non-hydrogen) atoms. The Morgan fingerprint density at radius 1 is 1.04 bits per heavy atom. The summed E-state index contributed by atoms with van der Waals surface area (Å²) in [4.78, 5) is 25.8. The van der Waals surface area contributed by atoms with Crippen LogP contribution in [-0.4, -0.2) is 34.7 Å². The lowest BCUT2D eigenvalue weighted by atomic mass is 9.83. The third-order valence-corrected chi connectivity index (χ3v) is 4.59. The van der Waals surface area contributed by atoms with Crippen LogP contribution >= 0.6 is 11.5 Å². The molecule has 0 aliphatic carbocycles. The third kappa shape index (κ3) is 3.33. The summed E-state index contributed by atoms with van der Waals surface area (Å²) in [5.74, 6) is -1.52. The van der Waals surface area contributed by atoms with Gasteiger partial charge in [-0.15, -0.1) is 5.10 Å². The molecule has 0 saturated heterocycles. The van der Waals surface area contributed by atoms with Gasteiger partial charge < -0.3 is 14.8 Å². The van der Waals surface area contributed by atoms with Gasteiger partial charge in [-0.05, 0) is 46.2 Å². The zero-order valence-electron chi connectivity index (χ0n) is 14.4. The average Bonchev–Trinajstić information content (AvgIpc) is 2.92. The quantitative estimate of drug-likeness (QED) is 0.813. The molecule has 0 amide bonds. The fourth-order valence-corrected chi connectivity index (χ4v) is 3.48. The smallest absolute Gasteiger partial charge is 0.336 e. The first-order valence-corrected chi connectivity index (χ1v) is 8.51. The largest absolute Gasteiger partial charge is 0.463 e. The summed E-state index contributed by atoms with van der Waals surface area (Å²) < 4.78 is 14.3. The molecule has 0 aromatic carbocycles. The highest BCUT2D eigenvalue weighted by atomic mass is 32.1. The Bertz CT molecular complexity index is 681. The van der Waals surface area contributed by atoms with Gasteiger partial charge in [0.15, 0.2) is 0 Å². The molecule has 0 atom stereocenters. The summed E-state index contributed by atoms with van der Waals surface area (Å²) >= 11 is 1.17. The molecule has 1 N–H and O–H groups in total. The second kappa shape index (κ2) is 7.57. The van der Waals surface area contributed by atoms with E-state index in [1.165, 1.54) is 11.5 Å². The fourth-order valence-electron chi connectivity index (χ4n) is 2.72. The van der Waals surface area contributed by atoms with Crippen LogP contribution in [0.15, 0.2) is 22.5 Å². The van der Waals surface area contributed by atoms with Crippen molar-refractivity contribution in [2.45, 2.75) is 40.5 Å². The number of carbonyl (C=O) groups excluding carboxylic acids is 2. The first-order valence-electron chi connectivity index (χ1n) is 7.73. The minimum absolute atomic E-state index is 0.250. The van der Waals surface area contributed by atoms with Crippen molar-refractivity contribution in [1.82, 2.24) is 14.9 Å². The van der Waals surface area contributed by atoms with Crippen molar-refractivity contribution in [3.05, 3.63) is 33.1 Å². The summed E-state index contributed by atoms with van der Waals surface area (Å²) in [6.07, 6.45) is 0. The van der Waals surface area contributed by atoms with Crippen molar-refractivity contribution in [2.24, 2.45) is 0 Å². The van der Waals surface area contributed by atoms with Crippen LogP contribution in [0.2, 0.25) is 0 Å². The van der Waals surface area contributed by atoms with Gasteiger partial charge in [-0.2, -0.15) is 0 Å². The van der Waals surface area contributed by atoms with E-state index in [0.717, 1.165) is 4.88 Å². The molecule has 1 aliphatic rings. The van der Waals surface area contributed by atoms with Crippen LogP contribution in [0, 0.1) is 6.92 Å². The minimum Gasteiger partial charge on any atom is -0.463 e. The number of allylic oxidation sites excluding steroid dienone is 2. The molecule has 0 saturated carbocycles. The van der Waals surface area contributed by atoms with Gasteiger partial charge in [0.05, 0.1) is 40.8 Å². The number of carbonyl (C=O) groups is 2. The van der Waals surface area contributed by atoms with Crippen LogP contribution in [-0.2, 0) is 19.1 Å². The number of aryl methyl sites for hydroxylation is 1. The number of aromatic nitrogens is 2. The van der Waals surface area contributed by atoms with Gasteiger partial charge in [0, 0.05) is 11.4 Å². The molecule has 7 nitrogen and oxygen atoms in total. The number of esters is 2. The number of dihydropyridines is 1. The molecule has 2 heterocycles. The summed E-state index contributed by atoms with van der Waals surface area (Å²) in [5.41, 5.74) is 2.75. The molecule has 1 aliphatic heterocycles. The van der Waals surface area contributed by atoms with E-state index in [1.807, 2.05) is 0 Å². The van der Waals surface area contributed by atoms with Crippen LogP contribution in [0.5, 0.6) is 0 Å². The SMILES string of the molecule is CCOC(=O)C1=C(C)NC(C)=C(C(=O)OCC)C1c1snnc1C. The van der Waals surface area contributed by atoms with Gasteiger partial charge in [-0.1, -0.05) is 4.49 Å². The number of hydrogen-bond acceptors (Lipinski definition) is 8.